The first-order valence-electron chi connectivity index (χ1n) is 13.6. The zero-order chi connectivity index (χ0) is 21.6. The Labute approximate surface area is 195 Å². The molecule has 2 saturated carbocycles. The van der Waals surface area contributed by atoms with Gasteiger partial charge in [0.25, 0.3) is 0 Å². The maximum atomic E-state index is 6.08. The highest BCUT2D eigenvalue weighted by Crippen LogP contribution is 2.52. The van der Waals surface area contributed by atoms with Gasteiger partial charge in [0.15, 0.2) is 0 Å². The second-order valence-electron chi connectivity index (χ2n) is 11.0. The van der Waals surface area contributed by atoms with Gasteiger partial charge in [0.05, 0.1) is 13.2 Å². The maximum absolute atomic E-state index is 6.08. The summed E-state index contributed by atoms with van der Waals surface area (Å²) < 4.78 is 12.2. The van der Waals surface area contributed by atoms with E-state index in [4.69, 9.17) is 9.47 Å². The number of rotatable bonds is 12. The van der Waals surface area contributed by atoms with E-state index in [1.807, 2.05) is 0 Å². The van der Waals surface area contributed by atoms with Crippen molar-refractivity contribution in [3.05, 3.63) is 29.8 Å². The molecule has 0 spiro atoms. The molecule has 1 aromatic carbocycles. The van der Waals surface area contributed by atoms with Crippen molar-refractivity contribution in [2.45, 2.75) is 64.3 Å². The minimum absolute atomic E-state index is 0.825. The van der Waals surface area contributed by atoms with E-state index < -0.39 is 0 Å². The Bertz CT molecular complexity index is 686. The highest BCUT2D eigenvalue weighted by Gasteiger charge is 2.55. The van der Waals surface area contributed by atoms with E-state index in [0.717, 1.165) is 55.8 Å². The van der Waals surface area contributed by atoms with E-state index >= 15 is 0 Å². The van der Waals surface area contributed by atoms with Gasteiger partial charge in [-0.2, -0.15) is 0 Å². The number of ether oxygens (including phenoxy) is 2. The van der Waals surface area contributed by atoms with Crippen LogP contribution in [0, 0.1) is 23.7 Å². The maximum Gasteiger partial charge on any atom is 0.119 e. The summed E-state index contributed by atoms with van der Waals surface area (Å²) in [5.74, 6) is 4.54. The molecule has 0 unspecified atom stereocenters. The molecule has 2 aliphatic carbocycles. The molecule has 5 rings (SSSR count). The summed E-state index contributed by atoms with van der Waals surface area (Å²) in [6, 6.07) is 8.81. The van der Waals surface area contributed by atoms with Gasteiger partial charge >= 0.3 is 0 Å². The Kier molecular flexibility index (Phi) is 8.05. The Morgan fingerprint density at radius 2 is 1.69 bits per heavy atom. The van der Waals surface area contributed by atoms with Crippen LogP contribution in [-0.4, -0.2) is 62.3 Å². The molecule has 4 nitrogen and oxygen atoms in total. The molecule has 0 amide bonds. The van der Waals surface area contributed by atoms with Crippen LogP contribution in [0.1, 0.15) is 63.4 Å². The molecule has 178 valence electrons. The van der Waals surface area contributed by atoms with Crippen LogP contribution in [0.25, 0.3) is 0 Å². The number of piperidine rings is 2. The predicted molar refractivity (Wildman–Crippen MR) is 130 cm³/mol. The fourth-order valence-electron chi connectivity index (χ4n) is 6.54. The number of hydrogen-bond donors (Lipinski definition) is 0. The van der Waals surface area contributed by atoms with Gasteiger partial charge in [0.2, 0.25) is 0 Å². The molecule has 2 saturated heterocycles. The monoisotopic (exact) mass is 440 g/mol. The Morgan fingerprint density at radius 1 is 0.875 bits per heavy atom. The lowest BCUT2D eigenvalue weighted by Crippen LogP contribution is -2.31. The van der Waals surface area contributed by atoms with Crippen molar-refractivity contribution in [3.63, 3.8) is 0 Å². The van der Waals surface area contributed by atoms with Gasteiger partial charge in [-0.1, -0.05) is 44.2 Å². The second kappa shape index (κ2) is 11.4. The van der Waals surface area contributed by atoms with Gasteiger partial charge in [0, 0.05) is 32.8 Å². The van der Waals surface area contributed by atoms with Crippen LogP contribution in [0.3, 0.4) is 0 Å². The molecule has 0 bridgehead atoms. The lowest BCUT2D eigenvalue weighted by Gasteiger charge is -2.26. The van der Waals surface area contributed by atoms with E-state index in [-0.39, 0.29) is 0 Å². The Hall–Kier alpha value is -1.10. The fraction of sp³-hybridized carbons (Fsp3) is 0.786. The van der Waals surface area contributed by atoms with E-state index in [9.17, 15) is 0 Å². The molecule has 1 aromatic rings. The zero-order valence-corrected chi connectivity index (χ0v) is 20.1. The molecule has 4 heteroatoms. The Balaban J connectivity index is 0.945. The van der Waals surface area contributed by atoms with E-state index in [1.165, 1.54) is 96.1 Å². The van der Waals surface area contributed by atoms with Crippen molar-refractivity contribution in [2.24, 2.45) is 23.7 Å². The van der Waals surface area contributed by atoms with Crippen LogP contribution in [0.15, 0.2) is 24.3 Å². The van der Waals surface area contributed by atoms with Gasteiger partial charge < -0.3 is 14.4 Å². The van der Waals surface area contributed by atoms with Gasteiger partial charge in [-0.15, -0.1) is 0 Å². The average molecular weight is 441 g/mol. The second-order valence-corrected chi connectivity index (χ2v) is 11.0. The summed E-state index contributed by atoms with van der Waals surface area (Å²) in [4.78, 5) is 5.26. The summed E-state index contributed by atoms with van der Waals surface area (Å²) in [5.41, 5.74) is 1.40. The third-order valence-electron chi connectivity index (χ3n) is 8.54. The minimum atomic E-state index is 0.825. The molecule has 4 fully saturated rings. The molecular formula is C28H44N2O2. The fourth-order valence-corrected chi connectivity index (χ4v) is 6.54. The summed E-state index contributed by atoms with van der Waals surface area (Å²) >= 11 is 0. The van der Waals surface area contributed by atoms with Gasteiger partial charge in [0.1, 0.15) is 5.75 Å². The minimum Gasteiger partial charge on any atom is -0.494 e. The van der Waals surface area contributed by atoms with Crippen LogP contribution in [0.2, 0.25) is 0 Å². The summed E-state index contributed by atoms with van der Waals surface area (Å²) in [6.07, 6.45) is 12.3. The third kappa shape index (κ3) is 6.27. The first-order chi connectivity index (χ1) is 15.8. The molecule has 0 radical (unpaired) electrons. The summed E-state index contributed by atoms with van der Waals surface area (Å²) in [6.45, 7) is 10.2. The Morgan fingerprint density at radius 3 is 2.50 bits per heavy atom. The molecule has 3 atom stereocenters. The molecule has 32 heavy (non-hydrogen) atoms. The van der Waals surface area contributed by atoms with Crippen LogP contribution >= 0.6 is 0 Å². The van der Waals surface area contributed by atoms with E-state index in [2.05, 4.69) is 34.1 Å². The van der Waals surface area contributed by atoms with Gasteiger partial charge in [-0.3, -0.25) is 4.90 Å². The van der Waals surface area contributed by atoms with Crippen LogP contribution < -0.4 is 4.74 Å². The number of fused-ring (bicyclic) bond motifs is 1. The van der Waals surface area contributed by atoms with Crippen LogP contribution in [-0.2, 0) is 11.3 Å². The molecule has 0 N–H and O–H groups in total. The van der Waals surface area contributed by atoms with Crippen molar-refractivity contribution < 1.29 is 9.47 Å². The normalized spacial score (nSPS) is 28.8. The first kappa shape index (κ1) is 22.7. The van der Waals surface area contributed by atoms with E-state index in [1.54, 1.807) is 0 Å². The molecule has 2 aliphatic heterocycles. The predicted octanol–water partition coefficient (Wildman–Crippen LogP) is 5.22. The molecular weight excluding hydrogens is 396 g/mol. The first-order valence-corrected chi connectivity index (χ1v) is 13.6. The largest absolute Gasteiger partial charge is 0.494 e. The average Bonchev–Trinajstić information content (AvgIpc) is 3.18. The van der Waals surface area contributed by atoms with Gasteiger partial charge in [-0.05, 0) is 80.1 Å². The molecule has 0 aromatic heterocycles. The highest BCUT2D eigenvalue weighted by molar-refractivity contribution is 5.28. The number of hydrogen-bond acceptors (Lipinski definition) is 4. The van der Waals surface area contributed by atoms with Crippen LogP contribution in [0.5, 0.6) is 5.75 Å². The smallest absolute Gasteiger partial charge is 0.119 e. The lowest BCUT2D eigenvalue weighted by molar-refractivity contribution is 0.0967. The number of nitrogens with zero attached hydrogens (tertiary/aromatic N) is 2. The third-order valence-corrected chi connectivity index (χ3v) is 8.54. The zero-order valence-electron chi connectivity index (χ0n) is 20.1. The summed E-state index contributed by atoms with van der Waals surface area (Å²) in [5, 5.41) is 0. The quantitative estimate of drug-likeness (QED) is 0.416. The lowest BCUT2D eigenvalue weighted by atomic mass is 10.1. The highest BCUT2D eigenvalue weighted by atomic mass is 16.5. The van der Waals surface area contributed by atoms with Crippen molar-refractivity contribution in [3.8, 4) is 5.75 Å². The number of benzene rings is 1. The number of likely N-dealkylation sites (tertiary alicyclic amines) is 2. The van der Waals surface area contributed by atoms with E-state index in [0.29, 0.717) is 0 Å². The van der Waals surface area contributed by atoms with Gasteiger partial charge in [-0.25, -0.2) is 0 Å². The van der Waals surface area contributed by atoms with Crippen molar-refractivity contribution in [1.82, 2.24) is 9.80 Å². The summed E-state index contributed by atoms with van der Waals surface area (Å²) in [7, 11) is 0. The molecule has 4 aliphatic rings. The van der Waals surface area contributed by atoms with Crippen molar-refractivity contribution >= 4 is 0 Å². The molecule has 2 heterocycles. The van der Waals surface area contributed by atoms with Crippen molar-refractivity contribution in [1.29, 1.82) is 0 Å². The topological polar surface area (TPSA) is 24.9 Å². The van der Waals surface area contributed by atoms with Crippen molar-refractivity contribution in [2.75, 3.05) is 52.5 Å². The SMILES string of the molecule is c1cc(CN2C[C@@H]3[C@H](COCCCN4CCCCC4)[C@@H]3C2)cc(OCCC2CCCC2)c1. The standard InChI is InChI=1S/C28H44N2O2/c1-4-13-29(14-5-1)15-7-16-31-22-28-26-20-30(21-27(26)28)19-24-10-6-11-25(18-24)32-17-12-23-8-2-3-9-23/h6,10-11,18,23,26-28H,1-5,7-9,12-17,19-22H2/t26-,27+,28-. The van der Waals surface area contributed by atoms with Crippen LogP contribution in [0.4, 0.5) is 0 Å².